The third-order valence-corrected chi connectivity index (χ3v) is 3.12. The molecule has 3 heteroatoms. The summed E-state index contributed by atoms with van der Waals surface area (Å²) in [7, 11) is 1.47. The fourth-order valence-corrected chi connectivity index (χ4v) is 1.64. The molecule has 0 saturated heterocycles. The Labute approximate surface area is 96.6 Å². The van der Waals surface area contributed by atoms with Gasteiger partial charge in [0.1, 0.15) is 0 Å². The third kappa shape index (κ3) is 3.20. The van der Waals surface area contributed by atoms with Crippen molar-refractivity contribution < 1.29 is 9.13 Å². The van der Waals surface area contributed by atoms with Gasteiger partial charge in [0.2, 0.25) is 0 Å². The summed E-state index contributed by atoms with van der Waals surface area (Å²) in [6.07, 6.45) is 0.847. The minimum absolute atomic E-state index is 0.295. The summed E-state index contributed by atoms with van der Waals surface area (Å²) in [5.41, 5.74) is 6.60. The highest BCUT2D eigenvalue weighted by molar-refractivity contribution is 5.29. The normalized spacial score (nSPS) is 14.6. The molecular weight excluding hydrogens is 205 g/mol. The van der Waals surface area contributed by atoms with Gasteiger partial charge in [-0.15, -0.1) is 0 Å². The molecule has 0 aliphatic carbocycles. The summed E-state index contributed by atoms with van der Waals surface area (Å²) >= 11 is 0. The van der Waals surface area contributed by atoms with Crippen LogP contribution in [0.4, 0.5) is 4.39 Å². The zero-order valence-corrected chi connectivity index (χ0v) is 10.2. The quantitative estimate of drug-likeness (QED) is 0.836. The van der Waals surface area contributed by atoms with Crippen LogP contribution in [0.5, 0.6) is 5.75 Å². The van der Waals surface area contributed by atoms with E-state index in [9.17, 15) is 4.39 Å². The van der Waals surface area contributed by atoms with Crippen LogP contribution in [0.3, 0.4) is 0 Å². The van der Waals surface area contributed by atoms with Gasteiger partial charge in [-0.2, -0.15) is 0 Å². The average Bonchev–Trinajstić information content (AvgIpc) is 2.28. The predicted molar refractivity (Wildman–Crippen MR) is 64.0 cm³/mol. The topological polar surface area (TPSA) is 35.2 Å². The Bertz CT molecular complexity index is 341. The van der Waals surface area contributed by atoms with Crippen LogP contribution in [0.15, 0.2) is 18.2 Å². The molecule has 0 bridgehead atoms. The Hall–Kier alpha value is -1.09. The van der Waals surface area contributed by atoms with E-state index in [0.717, 1.165) is 12.0 Å². The van der Waals surface area contributed by atoms with Crippen LogP contribution in [0, 0.1) is 17.7 Å². The zero-order chi connectivity index (χ0) is 12.1. The molecule has 1 rings (SSSR count). The maximum absolute atomic E-state index is 13.4. The lowest BCUT2D eigenvalue weighted by molar-refractivity contribution is 0.381. The lowest BCUT2D eigenvalue weighted by Crippen LogP contribution is -2.20. The maximum atomic E-state index is 13.4. The van der Waals surface area contributed by atoms with Gasteiger partial charge in [0.05, 0.1) is 7.11 Å². The number of benzene rings is 1. The molecule has 0 aliphatic heterocycles. The number of methoxy groups -OCH3 is 1. The molecule has 0 aromatic heterocycles. The SMILES string of the molecule is COc1ccc(CC(C)C(C)CN)cc1F. The first-order chi connectivity index (χ1) is 7.58. The van der Waals surface area contributed by atoms with Gasteiger partial charge in [0, 0.05) is 0 Å². The molecule has 0 heterocycles. The molecule has 0 amide bonds. The van der Waals surface area contributed by atoms with Crippen LogP contribution in [0.25, 0.3) is 0 Å². The first-order valence-corrected chi connectivity index (χ1v) is 5.61. The summed E-state index contributed by atoms with van der Waals surface area (Å²) in [5, 5.41) is 0. The van der Waals surface area contributed by atoms with E-state index in [1.165, 1.54) is 7.11 Å². The fraction of sp³-hybridized carbons (Fsp3) is 0.538. The maximum Gasteiger partial charge on any atom is 0.165 e. The molecule has 16 heavy (non-hydrogen) atoms. The van der Waals surface area contributed by atoms with Crippen molar-refractivity contribution in [3.63, 3.8) is 0 Å². The number of nitrogens with two attached hydrogens (primary N) is 1. The number of hydrogen-bond donors (Lipinski definition) is 1. The smallest absolute Gasteiger partial charge is 0.165 e. The molecule has 1 aromatic rings. The number of rotatable bonds is 5. The highest BCUT2D eigenvalue weighted by Crippen LogP contribution is 2.21. The van der Waals surface area contributed by atoms with Gasteiger partial charge < -0.3 is 10.5 Å². The summed E-state index contributed by atoms with van der Waals surface area (Å²) in [4.78, 5) is 0. The lowest BCUT2D eigenvalue weighted by Gasteiger charge is -2.18. The van der Waals surface area contributed by atoms with Crippen molar-refractivity contribution in [2.24, 2.45) is 17.6 Å². The van der Waals surface area contributed by atoms with Gasteiger partial charge >= 0.3 is 0 Å². The fourth-order valence-electron chi connectivity index (χ4n) is 1.64. The Kier molecular flexibility index (Phi) is 4.74. The van der Waals surface area contributed by atoms with Crippen molar-refractivity contribution in [2.75, 3.05) is 13.7 Å². The predicted octanol–water partition coefficient (Wildman–Crippen LogP) is 2.61. The molecular formula is C13H20FNO. The second-order valence-electron chi connectivity index (χ2n) is 4.36. The van der Waals surface area contributed by atoms with Crippen molar-refractivity contribution in [3.8, 4) is 5.75 Å². The van der Waals surface area contributed by atoms with Crippen molar-refractivity contribution in [3.05, 3.63) is 29.6 Å². The minimum Gasteiger partial charge on any atom is -0.494 e. The number of halogens is 1. The number of ether oxygens (including phenoxy) is 1. The van der Waals surface area contributed by atoms with Gasteiger partial charge in [-0.05, 0) is 42.5 Å². The van der Waals surface area contributed by atoms with Crippen LogP contribution in [-0.4, -0.2) is 13.7 Å². The van der Waals surface area contributed by atoms with Crippen molar-refractivity contribution in [2.45, 2.75) is 20.3 Å². The van der Waals surface area contributed by atoms with Gasteiger partial charge in [0.25, 0.3) is 0 Å². The van der Waals surface area contributed by atoms with Gasteiger partial charge in [-0.3, -0.25) is 0 Å². The Morgan fingerprint density at radius 3 is 2.50 bits per heavy atom. The van der Waals surface area contributed by atoms with E-state index in [4.69, 9.17) is 10.5 Å². The summed E-state index contributed by atoms with van der Waals surface area (Å²) in [6, 6.07) is 5.12. The Balaban J connectivity index is 2.71. The summed E-state index contributed by atoms with van der Waals surface area (Å²) < 4.78 is 18.3. The van der Waals surface area contributed by atoms with Crippen LogP contribution < -0.4 is 10.5 Å². The van der Waals surface area contributed by atoms with Crippen LogP contribution in [0.1, 0.15) is 19.4 Å². The van der Waals surface area contributed by atoms with Crippen molar-refractivity contribution in [1.29, 1.82) is 0 Å². The Morgan fingerprint density at radius 1 is 1.31 bits per heavy atom. The van der Waals surface area contributed by atoms with Crippen molar-refractivity contribution >= 4 is 0 Å². The van der Waals surface area contributed by atoms with E-state index >= 15 is 0 Å². The molecule has 0 spiro atoms. The molecule has 0 aliphatic rings. The summed E-state index contributed by atoms with van der Waals surface area (Å²) in [5.74, 6) is 0.902. The van der Waals surface area contributed by atoms with Crippen LogP contribution >= 0.6 is 0 Å². The molecule has 2 atom stereocenters. The molecule has 1 aromatic carbocycles. The third-order valence-electron chi connectivity index (χ3n) is 3.12. The molecule has 0 saturated carbocycles. The van der Waals surface area contributed by atoms with Gasteiger partial charge in [-0.25, -0.2) is 4.39 Å². The lowest BCUT2D eigenvalue weighted by atomic mass is 9.90. The zero-order valence-electron chi connectivity index (χ0n) is 10.2. The molecule has 90 valence electrons. The highest BCUT2D eigenvalue weighted by Gasteiger charge is 2.12. The molecule has 2 unspecified atom stereocenters. The van der Waals surface area contributed by atoms with Crippen LogP contribution in [-0.2, 0) is 6.42 Å². The van der Waals surface area contributed by atoms with E-state index in [1.807, 2.05) is 6.07 Å². The van der Waals surface area contributed by atoms with E-state index < -0.39 is 0 Å². The van der Waals surface area contributed by atoms with Gasteiger partial charge in [-0.1, -0.05) is 19.9 Å². The van der Waals surface area contributed by atoms with E-state index in [-0.39, 0.29) is 5.82 Å². The van der Waals surface area contributed by atoms with Crippen LogP contribution in [0.2, 0.25) is 0 Å². The van der Waals surface area contributed by atoms with E-state index in [1.54, 1.807) is 12.1 Å². The molecule has 2 nitrogen and oxygen atoms in total. The first kappa shape index (κ1) is 13.0. The van der Waals surface area contributed by atoms with Gasteiger partial charge in [0.15, 0.2) is 11.6 Å². The average molecular weight is 225 g/mol. The molecule has 2 N–H and O–H groups in total. The summed E-state index contributed by atoms with van der Waals surface area (Å²) in [6.45, 7) is 4.92. The second kappa shape index (κ2) is 5.85. The monoisotopic (exact) mass is 225 g/mol. The molecule has 0 radical (unpaired) electrons. The largest absolute Gasteiger partial charge is 0.494 e. The Morgan fingerprint density at radius 2 is 2.00 bits per heavy atom. The van der Waals surface area contributed by atoms with E-state index in [2.05, 4.69) is 13.8 Å². The molecule has 0 fully saturated rings. The van der Waals surface area contributed by atoms with Crippen molar-refractivity contribution in [1.82, 2.24) is 0 Å². The minimum atomic E-state index is -0.299. The number of hydrogen-bond acceptors (Lipinski definition) is 2. The first-order valence-electron chi connectivity index (χ1n) is 5.61. The highest BCUT2D eigenvalue weighted by atomic mass is 19.1. The van der Waals surface area contributed by atoms with E-state index in [0.29, 0.717) is 24.1 Å². The standard InChI is InChI=1S/C13H20FNO/c1-9(10(2)8-15)6-11-4-5-13(16-3)12(14)7-11/h4-5,7,9-10H,6,8,15H2,1-3H3. The second-order valence-corrected chi connectivity index (χ2v) is 4.36.